The third-order valence-electron chi connectivity index (χ3n) is 4.32. The number of carbonyl (C=O) groups is 2. The van der Waals surface area contributed by atoms with Gasteiger partial charge >= 0.3 is 0 Å². The highest BCUT2D eigenvalue weighted by molar-refractivity contribution is 9.10. The predicted molar refractivity (Wildman–Crippen MR) is 99.6 cm³/mol. The van der Waals surface area contributed by atoms with E-state index in [0.29, 0.717) is 24.4 Å². The van der Waals surface area contributed by atoms with Crippen LogP contribution >= 0.6 is 15.9 Å². The second-order valence-corrected chi connectivity index (χ2v) is 6.94. The van der Waals surface area contributed by atoms with Crippen molar-refractivity contribution >= 4 is 27.7 Å². The molecular formula is C19H21BrN2O4. The number of hydrogen-bond donors (Lipinski definition) is 1. The third kappa shape index (κ3) is 5.19. The largest absolute Gasteiger partial charge is 0.444 e. The van der Waals surface area contributed by atoms with E-state index in [0.717, 1.165) is 18.4 Å². The maximum atomic E-state index is 12.3. The van der Waals surface area contributed by atoms with Crippen LogP contribution in [0.15, 0.2) is 51.6 Å². The van der Waals surface area contributed by atoms with Crippen molar-refractivity contribution < 1.29 is 18.7 Å². The van der Waals surface area contributed by atoms with Gasteiger partial charge in [-0.15, -0.1) is 0 Å². The van der Waals surface area contributed by atoms with Gasteiger partial charge in [0.15, 0.2) is 10.4 Å². The highest BCUT2D eigenvalue weighted by atomic mass is 79.9. The zero-order valence-corrected chi connectivity index (χ0v) is 15.9. The lowest BCUT2D eigenvalue weighted by atomic mass is 10.1. The summed E-state index contributed by atoms with van der Waals surface area (Å²) in [5.41, 5.74) is 1.15. The molecule has 138 valence electrons. The van der Waals surface area contributed by atoms with Crippen LogP contribution in [-0.4, -0.2) is 42.5 Å². The summed E-state index contributed by atoms with van der Waals surface area (Å²) >= 11 is 3.14. The molecule has 1 aliphatic rings. The average molecular weight is 421 g/mol. The molecule has 0 aliphatic carbocycles. The number of likely N-dealkylation sites (tertiary alicyclic amines) is 1. The smallest absolute Gasteiger partial charge is 0.287 e. The molecule has 7 heteroatoms. The normalized spacial score (nSPS) is 15.0. The minimum Gasteiger partial charge on any atom is -0.444 e. The van der Waals surface area contributed by atoms with E-state index in [1.54, 1.807) is 17.0 Å². The minimum absolute atomic E-state index is 0.0350. The fourth-order valence-electron chi connectivity index (χ4n) is 2.85. The predicted octanol–water partition coefficient (Wildman–Crippen LogP) is 2.98. The Labute approximate surface area is 160 Å². The molecule has 0 radical (unpaired) electrons. The van der Waals surface area contributed by atoms with Gasteiger partial charge in [0.05, 0.1) is 19.3 Å². The zero-order valence-electron chi connectivity index (χ0n) is 14.3. The van der Waals surface area contributed by atoms with Crippen molar-refractivity contribution in [1.82, 2.24) is 10.2 Å². The van der Waals surface area contributed by atoms with Gasteiger partial charge in [0.1, 0.15) is 0 Å². The number of piperidine rings is 1. The van der Waals surface area contributed by atoms with Crippen molar-refractivity contribution in [3.63, 3.8) is 0 Å². The van der Waals surface area contributed by atoms with Gasteiger partial charge in [0.2, 0.25) is 5.91 Å². The Kier molecular flexibility index (Phi) is 6.46. The van der Waals surface area contributed by atoms with Gasteiger partial charge in [0, 0.05) is 13.1 Å². The summed E-state index contributed by atoms with van der Waals surface area (Å²) in [4.78, 5) is 25.9. The molecule has 1 aliphatic heterocycles. The van der Waals surface area contributed by atoms with Crippen molar-refractivity contribution in [3.05, 3.63) is 58.5 Å². The second kappa shape index (κ2) is 9.00. The third-order valence-corrected chi connectivity index (χ3v) is 4.75. The fraction of sp³-hybridized carbons (Fsp3) is 0.368. The summed E-state index contributed by atoms with van der Waals surface area (Å²) < 4.78 is 11.6. The van der Waals surface area contributed by atoms with Crippen LogP contribution in [0, 0.1) is 0 Å². The zero-order chi connectivity index (χ0) is 18.4. The number of halogens is 1. The van der Waals surface area contributed by atoms with Crippen LogP contribution in [0.25, 0.3) is 0 Å². The Morgan fingerprint density at radius 2 is 1.88 bits per heavy atom. The van der Waals surface area contributed by atoms with Crippen molar-refractivity contribution in [1.29, 1.82) is 0 Å². The van der Waals surface area contributed by atoms with E-state index in [4.69, 9.17) is 9.15 Å². The lowest BCUT2D eigenvalue weighted by molar-refractivity contribution is -0.132. The number of nitrogens with zero attached hydrogens (tertiary/aromatic N) is 1. The SMILES string of the molecule is O=C(NCC(=O)N1CCC(OCc2ccccc2)CC1)c1ccc(Br)o1. The van der Waals surface area contributed by atoms with Crippen molar-refractivity contribution in [3.8, 4) is 0 Å². The molecule has 0 bridgehead atoms. The van der Waals surface area contributed by atoms with E-state index in [2.05, 4.69) is 21.2 Å². The minimum atomic E-state index is -0.398. The van der Waals surface area contributed by atoms with Crippen molar-refractivity contribution in [2.45, 2.75) is 25.6 Å². The topological polar surface area (TPSA) is 71.8 Å². The van der Waals surface area contributed by atoms with E-state index >= 15 is 0 Å². The van der Waals surface area contributed by atoms with Crippen molar-refractivity contribution in [2.24, 2.45) is 0 Å². The summed E-state index contributed by atoms with van der Waals surface area (Å²) in [5, 5.41) is 2.59. The highest BCUT2D eigenvalue weighted by Gasteiger charge is 2.23. The van der Waals surface area contributed by atoms with E-state index in [1.165, 1.54) is 0 Å². The molecule has 1 fully saturated rings. The van der Waals surface area contributed by atoms with Crippen LogP contribution in [-0.2, 0) is 16.1 Å². The Morgan fingerprint density at radius 3 is 2.54 bits per heavy atom. The molecule has 6 nitrogen and oxygen atoms in total. The molecule has 0 unspecified atom stereocenters. The van der Waals surface area contributed by atoms with E-state index in [1.807, 2.05) is 30.3 Å². The maximum absolute atomic E-state index is 12.3. The Bertz CT molecular complexity index is 739. The summed E-state index contributed by atoms with van der Waals surface area (Å²) in [7, 11) is 0. The number of furan rings is 1. The van der Waals surface area contributed by atoms with Crippen LogP contribution in [0.2, 0.25) is 0 Å². The summed E-state index contributed by atoms with van der Waals surface area (Å²) in [6.07, 6.45) is 1.77. The average Bonchev–Trinajstić information content (AvgIpc) is 3.12. The van der Waals surface area contributed by atoms with Gasteiger partial charge < -0.3 is 19.4 Å². The first-order valence-electron chi connectivity index (χ1n) is 8.58. The molecule has 2 aromatic rings. The van der Waals surface area contributed by atoms with Crippen molar-refractivity contribution in [2.75, 3.05) is 19.6 Å². The molecule has 0 saturated carbocycles. The summed E-state index contributed by atoms with van der Waals surface area (Å²) in [5.74, 6) is -0.312. The second-order valence-electron chi connectivity index (χ2n) is 6.16. The molecular weight excluding hydrogens is 400 g/mol. The van der Waals surface area contributed by atoms with Crippen LogP contribution in [0.4, 0.5) is 0 Å². The van der Waals surface area contributed by atoms with Gasteiger partial charge in [0.25, 0.3) is 5.91 Å². The number of rotatable bonds is 6. The van der Waals surface area contributed by atoms with Gasteiger partial charge in [-0.3, -0.25) is 9.59 Å². The Hall–Kier alpha value is -2.12. The monoisotopic (exact) mass is 420 g/mol. The van der Waals surface area contributed by atoms with E-state index < -0.39 is 5.91 Å². The van der Waals surface area contributed by atoms with Gasteiger partial charge in [-0.05, 0) is 46.5 Å². The lowest BCUT2D eigenvalue weighted by Gasteiger charge is -2.32. The summed E-state index contributed by atoms with van der Waals surface area (Å²) in [6.45, 7) is 1.84. The van der Waals surface area contributed by atoms with Crippen LogP contribution in [0.3, 0.4) is 0 Å². The van der Waals surface area contributed by atoms with Gasteiger partial charge in [-0.2, -0.15) is 0 Å². The maximum Gasteiger partial charge on any atom is 0.287 e. The number of carbonyl (C=O) groups excluding carboxylic acids is 2. The fourth-order valence-corrected chi connectivity index (χ4v) is 3.16. The van der Waals surface area contributed by atoms with Crippen LogP contribution in [0.5, 0.6) is 0 Å². The molecule has 2 heterocycles. The first kappa shape index (κ1) is 18.7. The Morgan fingerprint density at radius 1 is 1.15 bits per heavy atom. The first-order valence-corrected chi connectivity index (χ1v) is 9.38. The van der Waals surface area contributed by atoms with E-state index in [-0.39, 0.29) is 24.3 Å². The molecule has 1 N–H and O–H groups in total. The standard InChI is InChI=1S/C19H21BrN2O4/c20-17-7-6-16(26-17)19(24)21-12-18(23)22-10-8-15(9-11-22)25-13-14-4-2-1-3-5-14/h1-7,15H,8-13H2,(H,21,24). The first-order chi connectivity index (χ1) is 12.6. The molecule has 1 aromatic carbocycles. The molecule has 26 heavy (non-hydrogen) atoms. The lowest BCUT2D eigenvalue weighted by Crippen LogP contribution is -2.45. The molecule has 1 saturated heterocycles. The van der Waals surface area contributed by atoms with Gasteiger partial charge in [-0.1, -0.05) is 30.3 Å². The molecule has 0 spiro atoms. The number of benzene rings is 1. The van der Waals surface area contributed by atoms with E-state index in [9.17, 15) is 9.59 Å². The Balaban J connectivity index is 1.37. The number of ether oxygens (including phenoxy) is 1. The number of amides is 2. The summed E-state index contributed by atoms with van der Waals surface area (Å²) in [6, 6.07) is 13.2. The van der Waals surface area contributed by atoms with Crippen LogP contribution < -0.4 is 5.32 Å². The molecule has 1 aromatic heterocycles. The number of nitrogens with one attached hydrogen (secondary N) is 1. The molecule has 3 rings (SSSR count). The quantitative estimate of drug-likeness (QED) is 0.779. The highest BCUT2D eigenvalue weighted by Crippen LogP contribution is 2.16. The molecule has 2 amide bonds. The van der Waals surface area contributed by atoms with Gasteiger partial charge in [-0.25, -0.2) is 0 Å². The number of hydrogen-bond acceptors (Lipinski definition) is 4. The van der Waals surface area contributed by atoms with Crippen LogP contribution in [0.1, 0.15) is 29.0 Å². The molecule has 0 atom stereocenters.